The van der Waals surface area contributed by atoms with Gasteiger partial charge in [0, 0.05) is 36.7 Å². The highest BCUT2D eigenvalue weighted by Crippen LogP contribution is 2.40. The number of carbonyl (C=O) groups is 1. The lowest BCUT2D eigenvalue weighted by Crippen LogP contribution is -2.53. The van der Waals surface area contributed by atoms with Gasteiger partial charge in [0.25, 0.3) is 5.91 Å². The van der Waals surface area contributed by atoms with Gasteiger partial charge < -0.3 is 15.2 Å². The Morgan fingerprint density at radius 3 is 2.82 bits per heavy atom. The molecule has 8 nitrogen and oxygen atoms in total. The summed E-state index contributed by atoms with van der Waals surface area (Å²) in [5.41, 5.74) is 0.313. The minimum atomic E-state index is -3.30. The van der Waals surface area contributed by atoms with Crippen LogP contribution in [-0.2, 0) is 10.0 Å². The summed E-state index contributed by atoms with van der Waals surface area (Å²) in [4.78, 5) is 12.4. The minimum Gasteiger partial charge on any atom is -0.360 e. The summed E-state index contributed by atoms with van der Waals surface area (Å²) < 4.78 is 32.6. The average Bonchev–Trinajstić information content (AvgIpc) is 3.38. The zero-order chi connectivity index (χ0) is 19.7. The highest BCUT2D eigenvalue weighted by atomic mass is 32.2. The van der Waals surface area contributed by atoms with Crippen LogP contribution < -0.4 is 10.6 Å². The topological polar surface area (TPSA) is 105 Å². The van der Waals surface area contributed by atoms with Crippen LogP contribution in [0.15, 0.2) is 10.6 Å². The van der Waals surface area contributed by atoms with Crippen molar-refractivity contribution in [3.63, 3.8) is 0 Å². The standard InChI is InChI=1S/C19H30N4O4S/c1-13-10-15(21-19(24)17-11-18(27-22-17)14-5-6-14)7-9-23(13)28(25,26)12-16-4-2-3-8-20-16/h11,13-16,20H,2-10,12H2,1H3,(H,21,24)/t13-,15-,16?/m0/s1. The van der Waals surface area contributed by atoms with E-state index in [0.29, 0.717) is 31.0 Å². The van der Waals surface area contributed by atoms with Gasteiger partial charge in [0.2, 0.25) is 10.0 Å². The molecule has 156 valence electrons. The summed E-state index contributed by atoms with van der Waals surface area (Å²) >= 11 is 0. The maximum absolute atomic E-state index is 12.9. The van der Waals surface area contributed by atoms with E-state index in [2.05, 4.69) is 15.8 Å². The number of piperidine rings is 2. The zero-order valence-electron chi connectivity index (χ0n) is 16.4. The molecule has 3 atom stereocenters. The highest BCUT2D eigenvalue weighted by molar-refractivity contribution is 7.89. The summed E-state index contributed by atoms with van der Waals surface area (Å²) in [6.07, 6.45) is 6.53. The van der Waals surface area contributed by atoms with Crippen LogP contribution >= 0.6 is 0 Å². The van der Waals surface area contributed by atoms with Crippen LogP contribution in [0.25, 0.3) is 0 Å². The van der Waals surface area contributed by atoms with Crippen molar-refractivity contribution in [2.45, 2.75) is 75.9 Å². The normalized spacial score (nSPS) is 29.5. The van der Waals surface area contributed by atoms with E-state index in [1.165, 1.54) is 0 Å². The van der Waals surface area contributed by atoms with Gasteiger partial charge in [-0.2, -0.15) is 4.31 Å². The highest BCUT2D eigenvalue weighted by Gasteiger charge is 2.36. The largest absolute Gasteiger partial charge is 0.360 e. The first-order valence-electron chi connectivity index (χ1n) is 10.4. The maximum atomic E-state index is 12.9. The van der Waals surface area contributed by atoms with Crippen molar-refractivity contribution in [3.8, 4) is 0 Å². The van der Waals surface area contributed by atoms with Crippen LogP contribution in [-0.4, -0.2) is 60.8 Å². The number of aromatic nitrogens is 1. The molecular formula is C19H30N4O4S. The van der Waals surface area contributed by atoms with Crippen LogP contribution in [0.2, 0.25) is 0 Å². The van der Waals surface area contributed by atoms with E-state index in [9.17, 15) is 13.2 Å². The van der Waals surface area contributed by atoms with Crippen molar-refractivity contribution in [2.75, 3.05) is 18.8 Å². The Hall–Kier alpha value is -1.45. The van der Waals surface area contributed by atoms with Crippen molar-refractivity contribution < 1.29 is 17.7 Å². The van der Waals surface area contributed by atoms with Crippen molar-refractivity contribution >= 4 is 15.9 Å². The predicted molar refractivity (Wildman–Crippen MR) is 105 cm³/mol. The lowest BCUT2D eigenvalue weighted by Gasteiger charge is -2.38. The number of hydrogen-bond acceptors (Lipinski definition) is 6. The Morgan fingerprint density at radius 1 is 1.32 bits per heavy atom. The smallest absolute Gasteiger partial charge is 0.273 e. The first kappa shape index (κ1) is 19.8. The van der Waals surface area contributed by atoms with Gasteiger partial charge in [0.15, 0.2) is 5.69 Å². The molecule has 9 heteroatoms. The van der Waals surface area contributed by atoms with Gasteiger partial charge in [0.1, 0.15) is 5.76 Å². The van der Waals surface area contributed by atoms with E-state index in [4.69, 9.17) is 4.52 Å². The molecule has 2 N–H and O–H groups in total. The Morgan fingerprint density at radius 2 is 2.14 bits per heavy atom. The van der Waals surface area contributed by atoms with E-state index in [1.807, 2.05) is 6.92 Å². The summed E-state index contributed by atoms with van der Waals surface area (Å²) in [5.74, 6) is 1.13. The molecular weight excluding hydrogens is 380 g/mol. The van der Waals surface area contributed by atoms with Crippen molar-refractivity contribution in [2.24, 2.45) is 0 Å². The molecule has 2 aliphatic heterocycles. The number of amides is 1. The number of nitrogens with zero attached hydrogens (tertiary/aromatic N) is 2. The van der Waals surface area contributed by atoms with Crippen molar-refractivity contribution in [3.05, 3.63) is 17.5 Å². The molecule has 4 rings (SSSR count). The molecule has 1 unspecified atom stereocenters. The minimum absolute atomic E-state index is 0.0520. The molecule has 3 fully saturated rings. The summed E-state index contributed by atoms with van der Waals surface area (Å²) in [7, 11) is -3.30. The van der Waals surface area contributed by atoms with E-state index in [0.717, 1.165) is 44.4 Å². The third-order valence-electron chi connectivity index (χ3n) is 6.07. The summed E-state index contributed by atoms with van der Waals surface area (Å²) in [6.45, 7) is 3.26. The second-order valence-corrected chi connectivity index (χ2v) is 10.4. The average molecular weight is 411 g/mol. The Kier molecular flexibility index (Phi) is 5.76. The van der Waals surface area contributed by atoms with E-state index in [-0.39, 0.29) is 29.8 Å². The van der Waals surface area contributed by atoms with Crippen LogP contribution in [0.4, 0.5) is 0 Å². The van der Waals surface area contributed by atoms with Crippen LogP contribution in [0, 0.1) is 0 Å². The molecule has 1 aromatic heterocycles. The van der Waals surface area contributed by atoms with Gasteiger partial charge >= 0.3 is 0 Å². The summed E-state index contributed by atoms with van der Waals surface area (Å²) in [5, 5.41) is 10.2. The molecule has 3 heterocycles. The molecule has 0 radical (unpaired) electrons. The number of sulfonamides is 1. The molecule has 0 spiro atoms. The van der Waals surface area contributed by atoms with Gasteiger partial charge in [-0.3, -0.25) is 4.79 Å². The fourth-order valence-corrected chi connectivity index (χ4v) is 6.33. The molecule has 1 aliphatic carbocycles. The van der Waals surface area contributed by atoms with E-state index >= 15 is 0 Å². The van der Waals surface area contributed by atoms with Gasteiger partial charge in [-0.25, -0.2) is 8.42 Å². The SMILES string of the molecule is C[C@H]1C[C@@H](NC(=O)c2cc(C3CC3)on2)CCN1S(=O)(=O)CC1CCCCN1. The number of rotatable bonds is 6. The molecule has 28 heavy (non-hydrogen) atoms. The van der Waals surface area contributed by atoms with Crippen molar-refractivity contribution in [1.29, 1.82) is 0 Å². The quantitative estimate of drug-likeness (QED) is 0.738. The maximum Gasteiger partial charge on any atom is 0.273 e. The van der Waals surface area contributed by atoms with Crippen LogP contribution in [0.3, 0.4) is 0 Å². The fourth-order valence-electron chi connectivity index (χ4n) is 4.33. The summed E-state index contributed by atoms with van der Waals surface area (Å²) in [6, 6.07) is 1.60. The Balaban J connectivity index is 1.30. The van der Waals surface area contributed by atoms with Crippen molar-refractivity contribution in [1.82, 2.24) is 20.1 Å². The molecule has 2 saturated heterocycles. The van der Waals surface area contributed by atoms with Gasteiger partial charge in [0.05, 0.1) is 5.75 Å². The fraction of sp³-hybridized carbons (Fsp3) is 0.789. The first-order chi connectivity index (χ1) is 13.4. The van der Waals surface area contributed by atoms with E-state index < -0.39 is 10.0 Å². The zero-order valence-corrected chi connectivity index (χ0v) is 17.2. The third-order valence-corrected chi connectivity index (χ3v) is 8.15. The third kappa shape index (κ3) is 4.58. The molecule has 0 bridgehead atoms. The van der Waals surface area contributed by atoms with Crippen LogP contribution in [0.1, 0.15) is 74.0 Å². The number of nitrogens with one attached hydrogen (secondary N) is 2. The Bertz CT molecular complexity index is 799. The molecule has 3 aliphatic rings. The number of carbonyl (C=O) groups excluding carboxylic acids is 1. The molecule has 1 saturated carbocycles. The number of hydrogen-bond donors (Lipinski definition) is 2. The van der Waals surface area contributed by atoms with E-state index in [1.54, 1.807) is 10.4 Å². The van der Waals surface area contributed by atoms with Gasteiger partial charge in [-0.15, -0.1) is 0 Å². The molecule has 0 aromatic carbocycles. The predicted octanol–water partition coefficient (Wildman–Crippen LogP) is 1.61. The van der Waals surface area contributed by atoms with Crippen LogP contribution in [0.5, 0.6) is 0 Å². The monoisotopic (exact) mass is 410 g/mol. The lowest BCUT2D eigenvalue weighted by atomic mass is 10.0. The second-order valence-electron chi connectivity index (χ2n) is 8.47. The van der Waals surface area contributed by atoms with Gasteiger partial charge in [-0.1, -0.05) is 11.6 Å². The Labute approximate surface area is 166 Å². The first-order valence-corrected chi connectivity index (χ1v) is 12.0. The molecule has 1 aromatic rings. The molecule has 1 amide bonds. The second kappa shape index (κ2) is 8.12. The van der Waals surface area contributed by atoms with Gasteiger partial charge in [-0.05, 0) is 52.0 Å². The lowest BCUT2D eigenvalue weighted by molar-refractivity contribution is 0.0905.